The maximum atomic E-state index is 11.8. The Hall–Kier alpha value is -1.73. The molecule has 1 amide bonds. The second-order valence-electron chi connectivity index (χ2n) is 5.31. The Morgan fingerprint density at radius 3 is 3.29 bits per heavy atom. The molecule has 6 nitrogen and oxygen atoms in total. The fourth-order valence-electron chi connectivity index (χ4n) is 2.66. The van der Waals surface area contributed by atoms with Crippen LogP contribution in [0.3, 0.4) is 0 Å². The van der Waals surface area contributed by atoms with Crippen molar-refractivity contribution in [1.29, 1.82) is 0 Å². The third-order valence-electron chi connectivity index (χ3n) is 3.69. The Bertz CT molecular complexity index is 556. The van der Waals surface area contributed by atoms with Crippen LogP contribution in [-0.4, -0.2) is 40.6 Å². The van der Waals surface area contributed by atoms with Crippen molar-refractivity contribution in [2.45, 2.75) is 19.4 Å². The van der Waals surface area contributed by atoms with Crippen LogP contribution in [0.1, 0.15) is 28.2 Å². The third kappa shape index (κ3) is 3.89. The molecule has 1 aliphatic rings. The highest BCUT2D eigenvalue weighted by Crippen LogP contribution is 2.19. The van der Waals surface area contributed by atoms with Gasteiger partial charge in [0.05, 0.1) is 5.51 Å². The molecule has 2 aromatic rings. The van der Waals surface area contributed by atoms with Crippen molar-refractivity contribution in [3.63, 3.8) is 0 Å². The molecule has 3 heterocycles. The number of carbonyl (C=O) groups is 1. The van der Waals surface area contributed by atoms with Gasteiger partial charge in [0.15, 0.2) is 5.69 Å². The number of piperidine rings is 1. The van der Waals surface area contributed by atoms with E-state index in [1.54, 1.807) is 17.4 Å². The summed E-state index contributed by atoms with van der Waals surface area (Å²) in [6.45, 7) is 3.77. The minimum Gasteiger partial charge on any atom is -0.364 e. The molecule has 0 aromatic carbocycles. The van der Waals surface area contributed by atoms with Gasteiger partial charge in [-0.1, -0.05) is 5.16 Å². The second kappa shape index (κ2) is 6.82. The molecule has 0 radical (unpaired) electrons. The number of thiazole rings is 1. The number of likely N-dealkylation sites (tertiary alicyclic amines) is 1. The highest BCUT2D eigenvalue weighted by Gasteiger charge is 2.21. The number of aromatic nitrogens is 2. The first-order valence-electron chi connectivity index (χ1n) is 7.09. The molecule has 0 saturated carbocycles. The first-order chi connectivity index (χ1) is 10.3. The molecule has 3 rings (SSSR count). The number of nitrogens with one attached hydrogen (secondary N) is 1. The standard InChI is InChI=1S/C14H18N4O2S/c19-14(13-3-5-20-17-13)16-6-11-2-1-4-18(8-11)9-12-7-15-10-21-12/h3,5,7,10-11H,1-2,4,6,8-9H2,(H,16,19). The van der Waals surface area contributed by atoms with E-state index in [9.17, 15) is 4.79 Å². The quantitative estimate of drug-likeness (QED) is 0.911. The zero-order valence-corrected chi connectivity index (χ0v) is 12.5. The van der Waals surface area contributed by atoms with Crippen LogP contribution in [0.2, 0.25) is 0 Å². The van der Waals surface area contributed by atoms with Crippen LogP contribution in [0.5, 0.6) is 0 Å². The summed E-state index contributed by atoms with van der Waals surface area (Å²) in [6.07, 6.45) is 5.66. The molecule has 1 saturated heterocycles. The monoisotopic (exact) mass is 306 g/mol. The summed E-state index contributed by atoms with van der Waals surface area (Å²) in [6, 6.07) is 1.58. The Labute approximate surface area is 127 Å². The lowest BCUT2D eigenvalue weighted by Gasteiger charge is -2.32. The van der Waals surface area contributed by atoms with Crippen LogP contribution in [-0.2, 0) is 6.54 Å². The smallest absolute Gasteiger partial charge is 0.273 e. The molecule has 0 spiro atoms. The first kappa shape index (κ1) is 14.2. The van der Waals surface area contributed by atoms with E-state index in [2.05, 4.69) is 24.9 Å². The molecule has 21 heavy (non-hydrogen) atoms. The van der Waals surface area contributed by atoms with Crippen molar-refractivity contribution in [3.8, 4) is 0 Å². The molecular formula is C14H18N4O2S. The van der Waals surface area contributed by atoms with Crippen LogP contribution in [0.25, 0.3) is 0 Å². The van der Waals surface area contributed by atoms with Crippen molar-refractivity contribution in [2.24, 2.45) is 5.92 Å². The normalized spacial score (nSPS) is 19.5. The van der Waals surface area contributed by atoms with Gasteiger partial charge in [0.25, 0.3) is 5.91 Å². The van der Waals surface area contributed by atoms with E-state index in [1.807, 2.05) is 11.7 Å². The highest BCUT2D eigenvalue weighted by atomic mass is 32.1. The van der Waals surface area contributed by atoms with Crippen molar-refractivity contribution >= 4 is 17.2 Å². The highest BCUT2D eigenvalue weighted by molar-refractivity contribution is 7.09. The molecule has 1 unspecified atom stereocenters. The molecule has 1 aliphatic heterocycles. The maximum absolute atomic E-state index is 11.8. The summed E-state index contributed by atoms with van der Waals surface area (Å²) >= 11 is 1.69. The number of amides is 1. The van der Waals surface area contributed by atoms with Gasteiger partial charge in [-0.3, -0.25) is 14.7 Å². The predicted octanol–water partition coefficient (Wildman–Crippen LogP) is 1.77. The molecule has 0 bridgehead atoms. The molecule has 0 aliphatic carbocycles. The predicted molar refractivity (Wildman–Crippen MR) is 79.0 cm³/mol. The van der Waals surface area contributed by atoms with Crippen molar-refractivity contribution in [3.05, 3.63) is 34.6 Å². The van der Waals surface area contributed by atoms with Gasteiger partial charge in [-0.25, -0.2) is 0 Å². The summed E-state index contributed by atoms with van der Waals surface area (Å²) in [5.41, 5.74) is 2.21. The van der Waals surface area contributed by atoms with Gasteiger partial charge in [-0.2, -0.15) is 0 Å². The number of hydrogen-bond donors (Lipinski definition) is 1. The Morgan fingerprint density at radius 2 is 2.52 bits per heavy atom. The third-order valence-corrected chi connectivity index (χ3v) is 4.45. The number of carbonyl (C=O) groups excluding carboxylic acids is 1. The Kier molecular flexibility index (Phi) is 4.62. The lowest BCUT2D eigenvalue weighted by molar-refractivity contribution is 0.0922. The van der Waals surface area contributed by atoms with Crippen molar-refractivity contribution < 1.29 is 9.32 Å². The molecule has 2 aromatic heterocycles. The summed E-state index contributed by atoms with van der Waals surface area (Å²) in [5, 5.41) is 6.58. The van der Waals surface area contributed by atoms with Crippen LogP contribution >= 0.6 is 11.3 Å². The van der Waals surface area contributed by atoms with Crippen LogP contribution in [0, 0.1) is 5.92 Å². The SMILES string of the molecule is O=C(NCC1CCCN(Cc2cncs2)C1)c1ccon1. The second-order valence-corrected chi connectivity index (χ2v) is 6.28. The number of hydrogen-bond acceptors (Lipinski definition) is 6. The molecule has 1 N–H and O–H groups in total. The summed E-state index contributed by atoms with van der Waals surface area (Å²) in [4.78, 5) is 19.7. The zero-order chi connectivity index (χ0) is 14.5. The van der Waals surface area contributed by atoms with E-state index >= 15 is 0 Å². The topological polar surface area (TPSA) is 71.3 Å². The van der Waals surface area contributed by atoms with Gasteiger partial charge in [0, 0.05) is 36.8 Å². The minimum absolute atomic E-state index is 0.164. The summed E-state index contributed by atoms with van der Waals surface area (Å²) in [7, 11) is 0. The summed E-state index contributed by atoms with van der Waals surface area (Å²) in [5.74, 6) is 0.325. The van der Waals surface area contributed by atoms with Gasteiger partial charge < -0.3 is 9.84 Å². The molecule has 7 heteroatoms. The largest absolute Gasteiger partial charge is 0.364 e. The van der Waals surface area contributed by atoms with Gasteiger partial charge in [0.2, 0.25) is 0 Å². The Morgan fingerprint density at radius 1 is 1.57 bits per heavy atom. The van der Waals surface area contributed by atoms with Gasteiger partial charge in [-0.05, 0) is 25.3 Å². The van der Waals surface area contributed by atoms with Crippen molar-refractivity contribution in [2.75, 3.05) is 19.6 Å². The van der Waals surface area contributed by atoms with E-state index in [0.717, 1.165) is 26.1 Å². The van der Waals surface area contributed by atoms with Gasteiger partial charge in [0.1, 0.15) is 6.26 Å². The average molecular weight is 306 g/mol. The van der Waals surface area contributed by atoms with E-state index in [0.29, 0.717) is 18.2 Å². The first-order valence-corrected chi connectivity index (χ1v) is 7.97. The van der Waals surface area contributed by atoms with Gasteiger partial charge in [-0.15, -0.1) is 11.3 Å². The van der Waals surface area contributed by atoms with E-state index in [-0.39, 0.29) is 5.91 Å². The van der Waals surface area contributed by atoms with E-state index in [4.69, 9.17) is 0 Å². The lowest BCUT2D eigenvalue weighted by Crippen LogP contribution is -2.40. The van der Waals surface area contributed by atoms with E-state index in [1.165, 1.54) is 17.6 Å². The maximum Gasteiger partial charge on any atom is 0.273 e. The minimum atomic E-state index is -0.164. The number of rotatable bonds is 5. The molecule has 1 fully saturated rings. The van der Waals surface area contributed by atoms with E-state index < -0.39 is 0 Å². The Balaban J connectivity index is 1.46. The molecule has 1 atom stereocenters. The van der Waals surface area contributed by atoms with Crippen LogP contribution in [0.15, 0.2) is 28.6 Å². The fraction of sp³-hybridized carbons (Fsp3) is 0.500. The number of nitrogens with zero attached hydrogens (tertiary/aromatic N) is 3. The molecular weight excluding hydrogens is 288 g/mol. The fourth-order valence-corrected chi connectivity index (χ4v) is 3.30. The average Bonchev–Trinajstić information content (AvgIpc) is 3.18. The van der Waals surface area contributed by atoms with Gasteiger partial charge >= 0.3 is 0 Å². The van der Waals surface area contributed by atoms with Crippen LogP contribution < -0.4 is 5.32 Å². The lowest BCUT2D eigenvalue weighted by atomic mass is 9.98. The van der Waals surface area contributed by atoms with Crippen LogP contribution in [0.4, 0.5) is 0 Å². The zero-order valence-electron chi connectivity index (χ0n) is 11.7. The van der Waals surface area contributed by atoms with Crippen molar-refractivity contribution in [1.82, 2.24) is 20.4 Å². The molecule has 112 valence electrons. The summed E-state index contributed by atoms with van der Waals surface area (Å²) < 4.78 is 4.68.